The second kappa shape index (κ2) is 14.8. The van der Waals surface area contributed by atoms with Crippen molar-refractivity contribution < 1.29 is 14.6 Å². The minimum atomic E-state index is -3.39. The SMILES string of the molecule is Cl.NCc1ccccn1.O=P(O)(Cc1ccccc1)C[C@@H](O)CNCc1ccccn1. The van der Waals surface area contributed by atoms with E-state index >= 15 is 0 Å². The number of aliphatic hydroxyl groups excluding tert-OH is 1. The Hall–Kier alpha value is -2.12. The molecule has 0 saturated carbocycles. The highest BCUT2D eigenvalue weighted by Crippen LogP contribution is 2.44. The van der Waals surface area contributed by atoms with Gasteiger partial charge in [-0.1, -0.05) is 42.5 Å². The van der Waals surface area contributed by atoms with Gasteiger partial charge in [-0.3, -0.25) is 14.5 Å². The number of nitrogens with two attached hydrogens (primary N) is 1. The van der Waals surface area contributed by atoms with E-state index in [1.165, 1.54) is 0 Å². The van der Waals surface area contributed by atoms with E-state index in [0.29, 0.717) is 13.1 Å². The molecule has 9 heteroatoms. The Morgan fingerprint density at radius 1 is 0.935 bits per heavy atom. The van der Waals surface area contributed by atoms with E-state index in [4.69, 9.17) is 5.73 Å². The zero-order valence-corrected chi connectivity index (χ0v) is 19.0. The molecule has 0 aliphatic heterocycles. The van der Waals surface area contributed by atoms with Crippen LogP contribution in [-0.2, 0) is 23.8 Å². The molecule has 2 heterocycles. The first-order valence-corrected chi connectivity index (χ1v) is 11.7. The average Bonchev–Trinajstić information content (AvgIpc) is 2.75. The Labute approximate surface area is 189 Å². The lowest BCUT2D eigenvalue weighted by atomic mass is 10.2. The van der Waals surface area contributed by atoms with Crippen LogP contribution in [0.25, 0.3) is 0 Å². The quantitative estimate of drug-likeness (QED) is 0.359. The molecule has 7 nitrogen and oxygen atoms in total. The summed E-state index contributed by atoms with van der Waals surface area (Å²) in [6.45, 7) is 1.31. The normalized spacial score (nSPS) is 13.1. The van der Waals surface area contributed by atoms with Crippen LogP contribution in [0.1, 0.15) is 17.0 Å². The van der Waals surface area contributed by atoms with Crippen LogP contribution in [0.3, 0.4) is 0 Å². The van der Waals surface area contributed by atoms with Gasteiger partial charge < -0.3 is 21.1 Å². The summed E-state index contributed by atoms with van der Waals surface area (Å²) in [5, 5.41) is 13.0. The molecule has 5 N–H and O–H groups in total. The Morgan fingerprint density at radius 2 is 1.52 bits per heavy atom. The number of aromatic nitrogens is 2. The number of halogens is 1. The second-order valence-corrected chi connectivity index (χ2v) is 9.18. The van der Waals surface area contributed by atoms with E-state index in [0.717, 1.165) is 17.0 Å². The molecule has 3 rings (SSSR count). The van der Waals surface area contributed by atoms with E-state index in [1.54, 1.807) is 12.4 Å². The Morgan fingerprint density at radius 3 is 2.03 bits per heavy atom. The first kappa shape index (κ1) is 26.9. The summed E-state index contributed by atoms with van der Waals surface area (Å²) in [7, 11) is -3.39. The summed E-state index contributed by atoms with van der Waals surface area (Å²) in [6, 6.07) is 20.5. The summed E-state index contributed by atoms with van der Waals surface area (Å²) in [6.07, 6.45) is 2.56. The van der Waals surface area contributed by atoms with Gasteiger partial charge in [-0.2, -0.15) is 0 Å². The number of aliphatic hydroxyl groups is 1. The van der Waals surface area contributed by atoms with Gasteiger partial charge in [0.15, 0.2) is 0 Å². The number of benzene rings is 1. The monoisotopic (exact) mass is 464 g/mol. The van der Waals surface area contributed by atoms with Gasteiger partial charge in [0, 0.05) is 38.2 Å². The van der Waals surface area contributed by atoms with Gasteiger partial charge in [-0.15, -0.1) is 12.4 Å². The highest BCUT2D eigenvalue weighted by molar-refractivity contribution is 7.57. The van der Waals surface area contributed by atoms with Crippen LogP contribution >= 0.6 is 19.8 Å². The van der Waals surface area contributed by atoms with Crippen LogP contribution < -0.4 is 11.1 Å². The van der Waals surface area contributed by atoms with Crippen molar-refractivity contribution in [2.75, 3.05) is 12.7 Å². The van der Waals surface area contributed by atoms with Crippen molar-refractivity contribution in [2.24, 2.45) is 5.73 Å². The van der Waals surface area contributed by atoms with Gasteiger partial charge >= 0.3 is 0 Å². The summed E-state index contributed by atoms with van der Waals surface area (Å²) in [5.41, 5.74) is 7.90. The minimum absolute atomic E-state index is 0. The van der Waals surface area contributed by atoms with Crippen molar-refractivity contribution in [3.8, 4) is 0 Å². The first-order valence-electron chi connectivity index (χ1n) is 9.72. The van der Waals surface area contributed by atoms with E-state index in [1.807, 2.05) is 66.7 Å². The number of nitrogens with zero attached hydrogens (tertiary/aromatic N) is 2. The van der Waals surface area contributed by atoms with Crippen molar-refractivity contribution in [2.45, 2.75) is 25.4 Å². The van der Waals surface area contributed by atoms with Crippen LogP contribution in [0.4, 0.5) is 0 Å². The van der Waals surface area contributed by atoms with Crippen LogP contribution in [0.5, 0.6) is 0 Å². The van der Waals surface area contributed by atoms with Crippen LogP contribution in [0, 0.1) is 0 Å². The van der Waals surface area contributed by atoms with Gasteiger partial charge in [-0.05, 0) is 29.8 Å². The summed E-state index contributed by atoms with van der Waals surface area (Å²) in [5.74, 6) is 0. The van der Waals surface area contributed by atoms with Crippen molar-refractivity contribution >= 4 is 19.8 Å². The average molecular weight is 465 g/mol. The lowest BCUT2D eigenvalue weighted by Crippen LogP contribution is -2.29. The number of hydrogen-bond acceptors (Lipinski definition) is 6. The molecular formula is C22H30ClN4O3P. The largest absolute Gasteiger partial charge is 0.391 e. The van der Waals surface area contributed by atoms with Gasteiger partial charge in [0.05, 0.1) is 23.7 Å². The maximum absolute atomic E-state index is 12.2. The Bertz CT molecular complexity index is 889. The van der Waals surface area contributed by atoms with E-state index in [-0.39, 0.29) is 31.3 Å². The molecule has 31 heavy (non-hydrogen) atoms. The van der Waals surface area contributed by atoms with E-state index in [9.17, 15) is 14.6 Å². The zero-order valence-electron chi connectivity index (χ0n) is 17.2. The lowest BCUT2D eigenvalue weighted by molar-refractivity contribution is 0.190. The second-order valence-electron chi connectivity index (χ2n) is 6.80. The molecule has 0 saturated heterocycles. The maximum atomic E-state index is 12.2. The molecule has 0 spiro atoms. The van der Waals surface area contributed by atoms with E-state index < -0.39 is 13.5 Å². The highest BCUT2D eigenvalue weighted by atomic mass is 35.5. The molecule has 168 valence electrons. The minimum Gasteiger partial charge on any atom is -0.391 e. The lowest BCUT2D eigenvalue weighted by Gasteiger charge is -2.16. The van der Waals surface area contributed by atoms with E-state index in [2.05, 4.69) is 15.3 Å². The fourth-order valence-electron chi connectivity index (χ4n) is 2.72. The fourth-order valence-corrected chi connectivity index (χ4v) is 4.41. The first-order chi connectivity index (χ1) is 14.5. The highest BCUT2D eigenvalue weighted by Gasteiger charge is 2.23. The third-order valence-electron chi connectivity index (χ3n) is 4.12. The molecule has 0 radical (unpaired) electrons. The number of nitrogens with one attached hydrogen (secondary N) is 1. The molecule has 3 aromatic rings. The maximum Gasteiger partial charge on any atom is 0.207 e. The smallest absolute Gasteiger partial charge is 0.207 e. The van der Waals surface area contributed by atoms with Crippen molar-refractivity contribution in [1.29, 1.82) is 0 Å². The van der Waals surface area contributed by atoms with Crippen LogP contribution in [-0.4, -0.2) is 38.8 Å². The molecule has 1 aromatic carbocycles. The molecule has 2 aromatic heterocycles. The van der Waals surface area contributed by atoms with Gasteiger partial charge in [0.25, 0.3) is 0 Å². The summed E-state index contributed by atoms with van der Waals surface area (Å²) < 4.78 is 12.2. The van der Waals surface area contributed by atoms with Crippen molar-refractivity contribution in [1.82, 2.24) is 15.3 Å². The predicted octanol–water partition coefficient (Wildman–Crippen LogP) is 2.96. The predicted molar refractivity (Wildman–Crippen MR) is 126 cm³/mol. The van der Waals surface area contributed by atoms with Crippen molar-refractivity contribution in [3.05, 3.63) is 96.1 Å². The Kier molecular flexibility index (Phi) is 12.9. The fraction of sp³-hybridized carbons (Fsp3) is 0.273. The number of rotatable bonds is 9. The van der Waals surface area contributed by atoms with Gasteiger partial charge in [0.2, 0.25) is 7.37 Å². The molecule has 1 unspecified atom stereocenters. The van der Waals surface area contributed by atoms with Crippen LogP contribution in [0.15, 0.2) is 79.1 Å². The molecular weight excluding hydrogens is 435 g/mol. The number of pyridine rings is 2. The molecule has 0 bridgehead atoms. The standard InChI is InChI=1S/C16H21N2O3P.C6H8N2.ClH/c19-16(11-17-10-15-8-4-5-9-18-15)13-22(20,21)12-14-6-2-1-3-7-14;7-5-6-3-1-2-4-8-6;/h1-9,16-17,19H,10-13H2,(H,20,21);1-4H,5,7H2;1H/t16-;;/m0../s1. The Balaban J connectivity index is 0.000000450. The molecule has 0 amide bonds. The zero-order chi connectivity index (χ0) is 21.7. The summed E-state index contributed by atoms with van der Waals surface area (Å²) >= 11 is 0. The summed E-state index contributed by atoms with van der Waals surface area (Å²) in [4.78, 5) is 18.1. The molecule has 2 atom stereocenters. The van der Waals surface area contributed by atoms with Crippen molar-refractivity contribution in [3.63, 3.8) is 0 Å². The third kappa shape index (κ3) is 11.7. The number of hydrogen-bond donors (Lipinski definition) is 4. The van der Waals surface area contributed by atoms with Crippen LogP contribution in [0.2, 0.25) is 0 Å². The molecule has 0 aliphatic carbocycles. The van der Waals surface area contributed by atoms with Gasteiger partial charge in [-0.25, -0.2) is 0 Å². The topological polar surface area (TPSA) is 121 Å². The third-order valence-corrected chi connectivity index (χ3v) is 5.97. The molecule has 0 aliphatic rings. The molecule has 0 fully saturated rings. The van der Waals surface area contributed by atoms with Gasteiger partial charge in [0.1, 0.15) is 0 Å².